The zero-order valence-electron chi connectivity index (χ0n) is 27.9. The van der Waals surface area contributed by atoms with Crippen LogP contribution in [0.4, 0.5) is 5.69 Å². The maximum atomic E-state index is 15.0. The van der Waals surface area contributed by atoms with Crippen LogP contribution in [0.3, 0.4) is 0 Å². The van der Waals surface area contributed by atoms with Crippen molar-refractivity contribution in [2.75, 3.05) is 31.2 Å². The van der Waals surface area contributed by atoms with Crippen LogP contribution in [-0.2, 0) is 25.5 Å². The van der Waals surface area contributed by atoms with Gasteiger partial charge in [-0.15, -0.1) is 0 Å². The highest BCUT2D eigenvalue weighted by Gasteiger charge is 2.76. The van der Waals surface area contributed by atoms with Crippen molar-refractivity contribution in [3.8, 4) is 5.75 Å². The summed E-state index contributed by atoms with van der Waals surface area (Å²) in [6.07, 6.45) is 10.2. The summed E-state index contributed by atoms with van der Waals surface area (Å²) in [5.74, 6) is -1.89. The molecule has 2 aromatic rings. The molecule has 2 saturated heterocycles. The molecule has 4 aliphatic heterocycles. The summed E-state index contributed by atoms with van der Waals surface area (Å²) in [5, 5.41) is 10.8. The number of carbonyl (C=O) groups excluding carboxylic acids is 3. The summed E-state index contributed by atoms with van der Waals surface area (Å²) in [6, 6.07) is 15.3. The van der Waals surface area contributed by atoms with Gasteiger partial charge in [0.25, 0.3) is 0 Å². The molecular formula is C38H47N3O6. The summed E-state index contributed by atoms with van der Waals surface area (Å²) < 4.78 is 12.8. The minimum absolute atomic E-state index is 0.0614. The zero-order valence-corrected chi connectivity index (χ0v) is 27.9. The summed E-state index contributed by atoms with van der Waals surface area (Å²) in [6.45, 7) is 8.91. The summed E-state index contributed by atoms with van der Waals surface area (Å²) in [4.78, 5) is 49.8. The van der Waals surface area contributed by atoms with Crippen LogP contribution in [0.1, 0.15) is 52.5 Å². The zero-order chi connectivity index (χ0) is 33.3. The number of aliphatic hydroxyl groups is 1. The molecule has 0 saturated carbocycles. The molecule has 9 nitrogen and oxygen atoms in total. The number of ether oxygens (including phenoxy) is 2. The first-order valence-corrected chi connectivity index (χ1v) is 17.1. The van der Waals surface area contributed by atoms with E-state index >= 15 is 4.79 Å². The second-order valence-electron chi connectivity index (χ2n) is 13.2. The van der Waals surface area contributed by atoms with Crippen molar-refractivity contribution < 1.29 is 29.0 Å². The van der Waals surface area contributed by atoms with Crippen LogP contribution >= 0.6 is 0 Å². The number of fused-ring (bicyclic) bond motifs is 2. The van der Waals surface area contributed by atoms with Crippen LogP contribution in [0.5, 0.6) is 5.75 Å². The molecule has 1 spiro atoms. The van der Waals surface area contributed by atoms with E-state index in [0.29, 0.717) is 44.0 Å². The fourth-order valence-electron chi connectivity index (χ4n) is 8.34. The summed E-state index contributed by atoms with van der Waals surface area (Å²) in [7, 11) is 0. The smallest absolute Gasteiger partial charge is 0.249 e. The van der Waals surface area contributed by atoms with E-state index in [2.05, 4.69) is 6.92 Å². The lowest BCUT2D eigenvalue weighted by atomic mass is 9.73. The number of aliphatic hydroxyl groups excluding tert-OH is 1. The predicted octanol–water partition coefficient (Wildman–Crippen LogP) is 4.54. The molecule has 0 radical (unpaired) electrons. The SMILES string of the molecule is CCCC(C)N1CC=C[C@]23O[C@]4(CC)C=CCN(c5ccc(OCC)cc5)C(=O)[C@@H]4[C@H]2C(=O)N([C@@H](CO)Cc2ccccc2)C3C1=O. The second-order valence-corrected chi connectivity index (χ2v) is 13.2. The minimum atomic E-state index is -1.39. The maximum Gasteiger partial charge on any atom is 0.249 e. The normalized spacial score (nSPS) is 29.7. The number of amides is 3. The van der Waals surface area contributed by atoms with Crippen molar-refractivity contribution in [3.05, 3.63) is 84.5 Å². The summed E-state index contributed by atoms with van der Waals surface area (Å²) in [5.41, 5.74) is -0.844. The van der Waals surface area contributed by atoms with Gasteiger partial charge in [0, 0.05) is 24.8 Å². The minimum Gasteiger partial charge on any atom is -0.494 e. The van der Waals surface area contributed by atoms with E-state index in [-0.39, 0.29) is 30.4 Å². The molecular weight excluding hydrogens is 594 g/mol. The molecule has 47 heavy (non-hydrogen) atoms. The molecule has 250 valence electrons. The number of hydrogen-bond donors (Lipinski definition) is 1. The fraction of sp³-hybridized carbons (Fsp3) is 0.500. The first kappa shape index (κ1) is 33.0. The van der Waals surface area contributed by atoms with Gasteiger partial charge in [-0.1, -0.05) is 74.9 Å². The quantitative estimate of drug-likeness (QED) is 0.362. The topological polar surface area (TPSA) is 99.6 Å². The third-order valence-corrected chi connectivity index (χ3v) is 10.5. The third-order valence-electron chi connectivity index (χ3n) is 10.5. The molecule has 7 atom stereocenters. The van der Waals surface area contributed by atoms with E-state index in [1.54, 1.807) is 9.80 Å². The van der Waals surface area contributed by atoms with Gasteiger partial charge < -0.3 is 29.3 Å². The highest BCUT2D eigenvalue weighted by Crippen LogP contribution is 2.59. The number of likely N-dealkylation sites (tertiary alicyclic amines) is 1. The van der Waals surface area contributed by atoms with Crippen molar-refractivity contribution >= 4 is 23.4 Å². The van der Waals surface area contributed by atoms with Crippen LogP contribution in [-0.4, -0.2) is 88.3 Å². The number of carbonyl (C=O) groups is 3. The van der Waals surface area contributed by atoms with Gasteiger partial charge in [-0.2, -0.15) is 0 Å². The number of nitrogens with zero attached hydrogens (tertiary/aromatic N) is 3. The molecule has 0 aromatic heterocycles. The van der Waals surface area contributed by atoms with E-state index in [1.807, 2.05) is 105 Å². The highest BCUT2D eigenvalue weighted by atomic mass is 16.5. The number of rotatable bonds is 11. The van der Waals surface area contributed by atoms with Crippen LogP contribution in [0.2, 0.25) is 0 Å². The Kier molecular flexibility index (Phi) is 9.31. The molecule has 3 amide bonds. The lowest BCUT2D eigenvalue weighted by Crippen LogP contribution is -2.60. The predicted molar refractivity (Wildman–Crippen MR) is 180 cm³/mol. The lowest BCUT2D eigenvalue weighted by Gasteiger charge is -2.41. The van der Waals surface area contributed by atoms with Crippen LogP contribution < -0.4 is 9.64 Å². The van der Waals surface area contributed by atoms with Gasteiger partial charge >= 0.3 is 0 Å². The van der Waals surface area contributed by atoms with Crippen LogP contribution in [0.25, 0.3) is 0 Å². The molecule has 2 unspecified atom stereocenters. The Morgan fingerprint density at radius 3 is 2.30 bits per heavy atom. The largest absolute Gasteiger partial charge is 0.494 e. The Morgan fingerprint density at radius 1 is 0.915 bits per heavy atom. The number of hydrogen-bond acceptors (Lipinski definition) is 6. The highest BCUT2D eigenvalue weighted by molar-refractivity contribution is 6.04. The summed E-state index contributed by atoms with van der Waals surface area (Å²) >= 11 is 0. The molecule has 6 rings (SSSR count). The standard InChI is InChI=1S/C38H47N3O6/c1-5-13-26(4)39-22-12-21-38-32(35(44)41(33(38)36(39)45)29(25-42)24-27-14-9-8-10-15-27)31-34(43)40(23-11-20-37(31,6-2)47-38)28-16-18-30(19-17-28)46-7-3/h8-12,14-21,26,29,31-33,42H,5-7,13,22-25H2,1-4H3/t26?,29-,31+,32+,33?,37-,38+/m1/s1. The molecule has 1 N–H and O–H groups in total. The Balaban J connectivity index is 1.47. The van der Waals surface area contributed by atoms with Gasteiger partial charge in [0.1, 0.15) is 17.4 Å². The second kappa shape index (κ2) is 13.3. The average molecular weight is 642 g/mol. The van der Waals surface area contributed by atoms with Crippen molar-refractivity contribution in [1.29, 1.82) is 0 Å². The first-order valence-electron chi connectivity index (χ1n) is 17.1. The van der Waals surface area contributed by atoms with E-state index < -0.39 is 35.1 Å². The van der Waals surface area contributed by atoms with Gasteiger partial charge in [-0.3, -0.25) is 14.4 Å². The average Bonchev–Trinajstić information content (AvgIpc) is 3.37. The van der Waals surface area contributed by atoms with E-state index in [1.165, 1.54) is 0 Å². The monoisotopic (exact) mass is 641 g/mol. The maximum absolute atomic E-state index is 15.0. The Labute approximate surface area is 277 Å². The first-order chi connectivity index (χ1) is 22.7. The van der Waals surface area contributed by atoms with Gasteiger partial charge in [0.2, 0.25) is 17.7 Å². The molecule has 4 aliphatic rings. The van der Waals surface area contributed by atoms with Crippen molar-refractivity contribution in [1.82, 2.24) is 9.80 Å². The number of anilines is 1. The van der Waals surface area contributed by atoms with Crippen molar-refractivity contribution in [2.24, 2.45) is 11.8 Å². The Hall–Kier alpha value is -3.95. The molecule has 2 fully saturated rings. The molecule has 0 aliphatic carbocycles. The van der Waals surface area contributed by atoms with Gasteiger partial charge in [0.15, 0.2) is 0 Å². The Morgan fingerprint density at radius 2 is 1.64 bits per heavy atom. The van der Waals surface area contributed by atoms with E-state index in [4.69, 9.17) is 9.47 Å². The molecule has 2 aromatic carbocycles. The van der Waals surface area contributed by atoms with Crippen LogP contribution in [0.15, 0.2) is 78.9 Å². The lowest BCUT2D eigenvalue weighted by molar-refractivity contribution is -0.156. The molecule has 9 heteroatoms. The van der Waals surface area contributed by atoms with E-state index in [0.717, 1.165) is 18.4 Å². The molecule has 0 bridgehead atoms. The van der Waals surface area contributed by atoms with E-state index in [9.17, 15) is 14.7 Å². The number of benzene rings is 2. The van der Waals surface area contributed by atoms with Crippen LogP contribution in [0, 0.1) is 11.8 Å². The Bertz CT molecular complexity index is 1530. The third kappa shape index (κ3) is 5.47. The van der Waals surface area contributed by atoms with Crippen molar-refractivity contribution in [3.63, 3.8) is 0 Å². The molecule has 4 heterocycles. The van der Waals surface area contributed by atoms with Gasteiger partial charge in [-0.05, 0) is 62.9 Å². The van der Waals surface area contributed by atoms with Crippen molar-refractivity contribution in [2.45, 2.75) is 82.7 Å². The fourth-order valence-corrected chi connectivity index (χ4v) is 8.34. The van der Waals surface area contributed by atoms with Gasteiger partial charge in [0.05, 0.1) is 36.7 Å². The van der Waals surface area contributed by atoms with Gasteiger partial charge in [-0.25, -0.2) is 0 Å².